The molecule has 0 spiro atoms. The first-order valence-corrected chi connectivity index (χ1v) is 6.63. The van der Waals surface area contributed by atoms with Gasteiger partial charge in [-0.2, -0.15) is 0 Å². The standard InChI is InChI=1S/C12H9BrINO/c13-10-3-6-12(16)15(8-10)7-9-1-4-11(14)5-2-9/h1-6,8H,7H2. The first-order chi connectivity index (χ1) is 7.65. The first kappa shape index (κ1) is 11.9. The average molecular weight is 390 g/mol. The maximum Gasteiger partial charge on any atom is 0.250 e. The van der Waals surface area contributed by atoms with Crippen LogP contribution >= 0.6 is 38.5 Å². The highest BCUT2D eigenvalue weighted by Gasteiger charge is 1.98. The van der Waals surface area contributed by atoms with Gasteiger partial charge in [-0.05, 0) is 62.3 Å². The second kappa shape index (κ2) is 5.14. The summed E-state index contributed by atoms with van der Waals surface area (Å²) in [6.07, 6.45) is 1.81. The second-order valence-electron chi connectivity index (χ2n) is 3.44. The highest BCUT2D eigenvalue weighted by atomic mass is 127. The lowest BCUT2D eigenvalue weighted by Crippen LogP contribution is -2.18. The number of halogens is 2. The van der Waals surface area contributed by atoms with Crippen LogP contribution in [0.3, 0.4) is 0 Å². The van der Waals surface area contributed by atoms with Crippen LogP contribution in [-0.2, 0) is 6.54 Å². The molecule has 82 valence electrons. The molecule has 0 aliphatic heterocycles. The van der Waals surface area contributed by atoms with Crippen molar-refractivity contribution in [1.29, 1.82) is 0 Å². The molecule has 1 heterocycles. The summed E-state index contributed by atoms with van der Waals surface area (Å²) >= 11 is 5.62. The van der Waals surface area contributed by atoms with Crippen LogP contribution in [0.2, 0.25) is 0 Å². The number of hydrogen-bond acceptors (Lipinski definition) is 1. The molecular formula is C12H9BrINO. The van der Waals surface area contributed by atoms with Gasteiger partial charge >= 0.3 is 0 Å². The fraction of sp³-hybridized carbons (Fsp3) is 0.0833. The van der Waals surface area contributed by atoms with Crippen molar-refractivity contribution >= 4 is 38.5 Å². The van der Waals surface area contributed by atoms with E-state index in [-0.39, 0.29) is 5.56 Å². The molecule has 0 atom stereocenters. The van der Waals surface area contributed by atoms with Crippen LogP contribution in [0.15, 0.2) is 51.9 Å². The second-order valence-corrected chi connectivity index (χ2v) is 5.60. The van der Waals surface area contributed by atoms with Gasteiger partial charge < -0.3 is 4.57 Å². The third-order valence-electron chi connectivity index (χ3n) is 2.21. The van der Waals surface area contributed by atoms with Gasteiger partial charge in [0.2, 0.25) is 0 Å². The van der Waals surface area contributed by atoms with Crippen molar-refractivity contribution in [2.45, 2.75) is 6.54 Å². The summed E-state index contributed by atoms with van der Waals surface area (Å²) in [4.78, 5) is 11.6. The Bertz CT molecular complexity index is 548. The van der Waals surface area contributed by atoms with Crippen LogP contribution in [0, 0.1) is 3.57 Å². The molecule has 0 radical (unpaired) electrons. The van der Waals surface area contributed by atoms with Gasteiger partial charge in [0.05, 0.1) is 6.54 Å². The summed E-state index contributed by atoms with van der Waals surface area (Å²) in [6, 6.07) is 11.5. The van der Waals surface area contributed by atoms with Gasteiger partial charge in [-0.25, -0.2) is 0 Å². The molecule has 1 aromatic carbocycles. The predicted molar refractivity (Wildman–Crippen MR) is 76.7 cm³/mol. The SMILES string of the molecule is O=c1ccc(Br)cn1Cc1ccc(I)cc1. The fourth-order valence-corrected chi connectivity index (χ4v) is 2.15. The molecule has 0 fully saturated rings. The molecule has 2 nitrogen and oxygen atoms in total. The molecule has 1 aromatic heterocycles. The van der Waals surface area contributed by atoms with E-state index in [0.29, 0.717) is 6.54 Å². The number of nitrogens with zero attached hydrogens (tertiary/aromatic N) is 1. The summed E-state index contributed by atoms with van der Waals surface area (Å²) in [7, 11) is 0. The summed E-state index contributed by atoms with van der Waals surface area (Å²) in [5.74, 6) is 0. The van der Waals surface area contributed by atoms with Crippen molar-refractivity contribution in [3.05, 3.63) is 66.6 Å². The number of benzene rings is 1. The number of pyridine rings is 1. The molecule has 0 bridgehead atoms. The predicted octanol–water partition coefficient (Wildman–Crippen LogP) is 3.26. The van der Waals surface area contributed by atoms with Gasteiger partial charge in [0.15, 0.2) is 0 Å². The van der Waals surface area contributed by atoms with Crippen molar-refractivity contribution in [3.8, 4) is 0 Å². The van der Waals surface area contributed by atoms with E-state index in [1.165, 1.54) is 3.57 Å². The zero-order chi connectivity index (χ0) is 11.5. The Morgan fingerprint density at radius 1 is 1.12 bits per heavy atom. The fourth-order valence-electron chi connectivity index (χ4n) is 1.41. The Morgan fingerprint density at radius 2 is 1.81 bits per heavy atom. The molecule has 2 aromatic rings. The van der Waals surface area contributed by atoms with Gasteiger partial charge in [-0.3, -0.25) is 4.79 Å². The normalized spacial score (nSPS) is 10.4. The number of hydrogen-bond donors (Lipinski definition) is 0. The van der Waals surface area contributed by atoms with E-state index in [1.54, 1.807) is 22.9 Å². The van der Waals surface area contributed by atoms with Crippen molar-refractivity contribution in [3.63, 3.8) is 0 Å². The minimum atomic E-state index is 0.0155. The summed E-state index contributed by atoms with van der Waals surface area (Å²) in [5, 5.41) is 0. The lowest BCUT2D eigenvalue weighted by atomic mass is 10.2. The Kier molecular flexibility index (Phi) is 3.81. The molecule has 16 heavy (non-hydrogen) atoms. The summed E-state index contributed by atoms with van der Waals surface area (Å²) < 4.78 is 3.80. The van der Waals surface area contributed by atoms with Crippen LogP contribution in [0.25, 0.3) is 0 Å². The molecule has 0 amide bonds. The maximum atomic E-state index is 11.6. The highest BCUT2D eigenvalue weighted by Crippen LogP contribution is 2.09. The van der Waals surface area contributed by atoms with E-state index in [0.717, 1.165) is 10.0 Å². The van der Waals surface area contributed by atoms with Crippen LogP contribution < -0.4 is 5.56 Å². The van der Waals surface area contributed by atoms with Crippen molar-refractivity contribution < 1.29 is 0 Å². The quantitative estimate of drug-likeness (QED) is 0.722. The number of aromatic nitrogens is 1. The lowest BCUT2D eigenvalue weighted by Gasteiger charge is -2.06. The minimum absolute atomic E-state index is 0.0155. The zero-order valence-electron chi connectivity index (χ0n) is 8.36. The third-order valence-corrected chi connectivity index (χ3v) is 3.40. The highest BCUT2D eigenvalue weighted by molar-refractivity contribution is 14.1. The largest absolute Gasteiger partial charge is 0.310 e. The molecule has 0 N–H and O–H groups in total. The van der Waals surface area contributed by atoms with E-state index < -0.39 is 0 Å². The summed E-state index contributed by atoms with van der Waals surface area (Å²) in [6.45, 7) is 0.606. The van der Waals surface area contributed by atoms with Gasteiger partial charge in [0, 0.05) is 20.3 Å². The van der Waals surface area contributed by atoms with Crippen molar-refractivity contribution in [1.82, 2.24) is 4.57 Å². The van der Waals surface area contributed by atoms with Crippen molar-refractivity contribution in [2.24, 2.45) is 0 Å². The smallest absolute Gasteiger partial charge is 0.250 e. The van der Waals surface area contributed by atoms with E-state index in [4.69, 9.17) is 0 Å². The average Bonchev–Trinajstić information content (AvgIpc) is 2.27. The molecule has 2 rings (SSSR count). The monoisotopic (exact) mass is 389 g/mol. The van der Waals surface area contributed by atoms with Gasteiger partial charge in [-0.15, -0.1) is 0 Å². The molecule has 0 unspecified atom stereocenters. The van der Waals surface area contributed by atoms with Crippen LogP contribution in [-0.4, -0.2) is 4.57 Å². The third kappa shape index (κ3) is 2.95. The topological polar surface area (TPSA) is 22.0 Å². The van der Waals surface area contributed by atoms with Crippen molar-refractivity contribution in [2.75, 3.05) is 0 Å². The lowest BCUT2D eigenvalue weighted by molar-refractivity contribution is 0.756. The molecule has 0 saturated carbocycles. The van der Waals surface area contributed by atoms with Crippen LogP contribution in [0.1, 0.15) is 5.56 Å². The van der Waals surface area contributed by atoms with Crippen LogP contribution in [0.5, 0.6) is 0 Å². The minimum Gasteiger partial charge on any atom is -0.310 e. The first-order valence-electron chi connectivity index (χ1n) is 4.75. The molecule has 0 aliphatic carbocycles. The number of rotatable bonds is 2. The van der Waals surface area contributed by atoms with E-state index >= 15 is 0 Å². The Morgan fingerprint density at radius 3 is 2.50 bits per heavy atom. The summed E-state index contributed by atoms with van der Waals surface area (Å²) in [5.41, 5.74) is 1.14. The van der Waals surface area contributed by atoms with Gasteiger partial charge in [0.25, 0.3) is 5.56 Å². The Balaban J connectivity index is 2.30. The van der Waals surface area contributed by atoms with Gasteiger partial charge in [-0.1, -0.05) is 12.1 Å². The molecule has 0 saturated heterocycles. The van der Waals surface area contributed by atoms with Gasteiger partial charge in [0.1, 0.15) is 0 Å². The molecular weight excluding hydrogens is 381 g/mol. The Hall–Kier alpha value is -0.620. The molecule has 0 aliphatic rings. The maximum absolute atomic E-state index is 11.6. The van der Waals surface area contributed by atoms with E-state index in [9.17, 15) is 4.79 Å². The van der Waals surface area contributed by atoms with E-state index in [1.807, 2.05) is 24.3 Å². The molecule has 4 heteroatoms. The van der Waals surface area contributed by atoms with Crippen LogP contribution in [0.4, 0.5) is 0 Å². The van der Waals surface area contributed by atoms with E-state index in [2.05, 4.69) is 38.5 Å². The zero-order valence-corrected chi connectivity index (χ0v) is 12.1. The Labute approximate surface area is 116 Å².